The molecule has 1 heterocycles. The second-order valence-corrected chi connectivity index (χ2v) is 5.48. The Kier molecular flexibility index (Phi) is 4.77. The number of rotatable bonds is 4. The number of hydrogen-bond acceptors (Lipinski definition) is 3. The molecular weight excluding hydrogens is 324 g/mol. The number of hydrogen-bond donors (Lipinski definition) is 1. The highest BCUT2D eigenvalue weighted by atomic mass is 35.5. The summed E-state index contributed by atoms with van der Waals surface area (Å²) in [6.07, 6.45) is 1.67. The number of para-hydroxylation sites is 1. The molecule has 2 aromatic carbocycles. The van der Waals surface area contributed by atoms with Crippen molar-refractivity contribution in [1.82, 2.24) is 4.98 Å². The van der Waals surface area contributed by atoms with Crippen LogP contribution >= 0.6 is 11.6 Å². The Balaban J connectivity index is 1.88. The Hall–Kier alpha value is -2.85. The number of carbonyl (C=O) groups excluding carboxylic acids is 1. The van der Waals surface area contributed by atoms with Crippen molar-refractivity contribution in [1.29, 1.82) is 0 Å². The van der Waals surface area contributed by atoms with Crippen LogP contribution in [0.2, 0.25) is 5.02 Å². The van der Waals surface area contributed by atoms with Gasteiger partial charge in [-0.2, -0.15) is 0 Å². The van der Waals surface area contributed by atoms with E-state index in [0.717, 1.165) is 5.69 Å². The maximum atomic E-state index is 12.3. The molecule has 0 aliphatic carbocycles. The van der Waals surface area contributed by atoms with E-state index in [1.807, 2.05) is 36.4 Å². The van der Waals surface area contributed by atoms with Crippen molar-refractivity contribution in [3.8, 4) is 17.0 Å². The molecule has 120 valence electrons. The second kappa shape index (κ2) is 7.15. The Morgan fingerprint density at radius 2 is 1.88 bits per heavy atom. The van der Waals surface area contributed by atoms with Gasteiger partial charge in [-0.1, -0.05) is 35.9 Å². The molecule has 5 heteroatoms. The van der Waals surface area contributed by atoms with Crippen LogP contribution in [0.1, 0.15) is 10.4 Å². The number of benzene rings is 2. The lowest BCUT2D eigenvalue weighted by Gasteiger charge is -2.10. The topological polar surface area (TPSA) is 51.2 Å². The van der Waals surface area contributed by atoms with Gasteiger partial charge >= 0.3 is 0 Å². The molecule has 1 aromatic heterocycles. The average molecular weight is 339 g/mol. The van der Waals surface area contributed by atoms with Gasteiger partial charge in [0.15, 0.2) is 0 Å². The average Bonchev–Trinajstić information content (AvgIpc) is 2.62. The van der Waals surface area contributed by atoms with E-state index in [2.05, 4.69) is 10.3 Å². The number of methoxy groups -OCH3 is 1. The molecular formula is C19H15ClN2O2. The van der Waals surface area contributed by atoms with Gasteiger partial charge in [-0.25, -0.2) is 0 Å². The minimum atomic E-state index is -0.220. The number of carbonyl (C=O) groups is 1. The summed E-state index contributed by atoms with van der Waals surface area (Å²) in [5.74, 6) is 0.406. The van der Waals surface area contributed by atoms with Gasteiger partial charge in [0, 0.05) is 23.0 Å². The monoisotopic (exact) mass is 338 g/mol. The summed E-state index contributed by atoms with van der Waals surface area (Å²) in [5, 5.41) is 3.27. The van der Waals surface area contributed by atoms with E-state index in [0.29, 0.717) is 27.6 Å². The van der Waals surface area contributed by atoms with Crippen molar-refractivity contribution in [2.45, 2.75) is 0 Å². The molecule has 4 nitrogen and oxygen atoms in total. The van der Waals surface area contributed by atoms with Crippen LogP contribution in [0.3, 0.4) is 0 Å². The van der Waals surface area contributed by atoms with Gasteiger partial charge in [0.1, 0.15) is 11.4 Å². The molecule has 0 unspecified atom stereocenters. The van der Waals surface area contributed by atoms with Crippen molar-refractivity contribution in [2.75, 3.05) is 12.4 Å². The molecule has 0 fully saturated rings. The predicted octanol–water partition coefficient (Wildman–Crippen LogP) is 4.66. The van der Waals surface area contributed by atoms with Crippen LogP contribution in [0.25, 0.3) is 11.3 Å². The second-order valence-electron chi connectivity index (χ2n) is 5.07. The summed E-state index contributed by atoms with van der Waals surface area (Å²) in [6.45, 7) is 0. The van der Waals surface area contributed by atoms with Crippen molar-refractivity contribution < 1.29 is 9.53 Å². The van der Waals surface area contributed by atoms with Crippen molar-refractivity contribution in [3.63, 3.8) is 0 Å². The standard InChI is InChI=1S/C19H15ClN2O2/c1-24-17-8-5-11-21-18(17)15-10-9-13(12-16(15)20)19(23)22-14-6-3-2-4-7-14/h2-12H,1H3,(H,22,23). The smallest absolute Gasteiger partial charge is 0.255 e. The fraction of sp³-hybridized carbons (Fsp3) is 0.0526. The fourth-order valence-electron chi connectivity index (χ4n) is 2.33. The highest BCUT2D eigenvalue weighted by molar-refractivity contribution is 6.33. The van der Waals surface area contributed by atoms with Crippen molar-refractivity contribution in [3.05, 3.63) is 77.4 Å². The first-order valence-corrected chi connectivity index (χ1v) is 7.72. The van der Waals surface area contributed by atoms with Crippen molar-refractivity contribution >= 4 is 23.2 Å². The molecule has 0 atom stereocenters. The van der Waals surface area contributed by atoms with Gasteiger partial charge < -0.3 is 10.1 Å². The van der Waals surface area contributed by atoms with E-state index < -0.39 is 0 Å². The first-order chi connectivity index (χ1) is 11.7. The van der Waals surface area contributed by atoms with Crippen molar-refractivity contribution in [2.24, 2.45) is 0 Å². The SMILES string of the molecule is COc1cccnc1-c1ccc(C(=O)Nc2ccccc2)cc1Cl. The normalized spacial score (nSPS) is 10.2. The molecule has 0 saturated heterocycles. The Bertz CT molecular complexity index is 866. The highest BCUT2D eigenvalue weighted by Crippen LogP contribution is 2.33. The van der Waals surface area contributed by atoms with E-state index in [4.69, 9.17) is 16.3 Å². The number of nitrogens with zero attached hydrogens (tertiary/aromatic N) is 1. The van der Waals surface area contributed by atoms with Crippen LogP contribution in [0.4, 0.5) is 5.69 Å². The van der Waals surface area contributed by atoms with E-state index in [1.54, 1.807) is 37.6 Å². The minimum Gasteiger partial charge on any atom is -0.494 e. The van der Waals surface area contributed by atoms with Crippen LogP contribution < -0.4 is 10.1 Å². The zero-order chi connectivity index (χ0) is 16.9. The summed E-state index contributed by atoms with van der Waals surface area (Å²) in [4.78, 5) is 16.6. The molecule has 0 aliphatic heterocycles. The predicted molar refractivity (Wildman–Crippen MR) is 95.6 cm³/mol. The zero-order valence-electron chi connectivity index (χ0n) is 13.0. The first-order valence-electron chi connectivity index (χ1n) is 7.34. The van der Waals surface area contributed by atoms with Gasteiger partial charge in [0.2, 0.25) is 0 Å². The number of anilines is 1. The zero-order valence-corrected chi connectivity index (χ0v) is 13.7. The summed E-state index contributed by atoms with van der Waals surface area (Å²) >= 11 is 6.36. The molecule has 1 N–H and O–H groups in total. The van der Waals surface area contributed by atoms with Crippen LogP contribution in [-0.2, 0) is 0 Å². The van der Waals surface area contributed by atoms with Gasteiger partial charge in [0.25, 0.3) is 5.91 Å². The van der Waals surface area contributed by atoms with E-state index in [1.165, 1.54) is 0 Å². The van der Waals surface area contributed by atoms with E-state index in [9.17, 15) is 4.79 Å². The quantitative estimate of drug-likeness (QED) is 0.752. The highest BCUT2D eigenvalue weighted by Gasteiger charge is 2.14. The summed E-state index contributed by atoms with van der Waals surface area (Å²) in [6, 6.07) is 18.0. The Morgan fingerprint density at radius 3 is 2.58 bits per heavy atom. The largest absolute Gasteiger partial charge is 0.494 e. The molecule has 0 bridgehead atoms. The molecule has 24 heavy (non-hydrogen) atoms. The van der Waals surface area contributed by atoms with Gasteiger partial charge in [0.05, 0.1) is 12.1 Å². The maximum absolute atomic E-state index is 12.3. The van der Waals surface area contributed by atoms with E-state index >= 15 is 0 Å². The van der Waals surface area contributed by atoms with Gasteiger partial charge in [-0.05, 0) is 36.4 Å². The number of halogens is 1. The Morgan fingerprint density at radius 1 is 1.08 bits per heavy atom. The van der Waals surface area contributed by atoms with Crippen LogP contribution in [0, 0.1) is 0 Å². The van der Waals surface area contributed by atoms with Crippen LogP contribution in [-0.4, -0.2) is 18.0 Å². The lowest BCUT2D eigenvalue weighted by atomic mass is 10.1. The third-order valence-corrected chi connectivity index (χ3v) is 3.82. The minimum absolute atomic E-state index is 0.220. The Labute approximate surface area is 145 Å². The number of pyridine rings is 1. The number of aromatic nitrogens is 1. The lowest BCUT2D eigenvalue weighted by molar-refractivity contribution is 0.102. The maximum Gasteiger partial charge on any atom is 0.255 e. The van der Waals surface area contributed by atoms with Gasteiger partial charge in [-0.15, -0.1) is 0 Å². The summed E-state index contributed by atoms with van der Waals surface area (Å²) < 4.78 is 5.31. The molecule has 0 spiro atoms. The third kappa shape index (κ3) is 3.39. The van der Waals surface area contributed by atoms with Crippen LogP contribution in [0.5, 0.6) is 5.75 Å². The molecule has 0 saturated carbocycles. The lowest BCUT2D eigenvalue weighted by Crippen LogP contribution is -2.11. The summed E-state index contributed by atoms with van der Waals surface area (Å²) in [7, 11) is 1.58. The van der Waals surface area contributed by atoms with Gasteiger partial charge in [-0.3, -0.25) is 9.78 Å². The third-order valence-electron chi connectivity index (χ3n) is 3.51. The summed E-state index contributed by atoms with van der Waals surface area (Å²) in [5.41, 5.74) is 2.56. The molecule has 0 radical (unpaired) electrons. The number of nitrogens with one attached hydrogen (secondary N) is 1. The van der Waals surface area contributed by atoms with E-state index in [-0.39, 0.29) is 5.91 Å². The van der Waals surface area contributed by atoms with Crippen LogP contribution in [0.15, 0.2) is 66.9 Å². The fourth-order valence-corrected chi connectivity index (χ4v) is 2.60. The first kappa shape index (κ1) is 16.0. The molecule has 0 aliphatic rings. The number of amides is 1. The molecule has 3 aromatic rings. The number of ether oxygens (including phenoxy) is 1. The molecule has 1 amide bonds. The molecule has 3 rings (SSSR count).